The molecule has 259 valence electrons. The maximum atomic E-state index is 7.23. The number of imidazole rings is 1. The number of benzene rings is 5. The van der Waals surface area contributed by atoms with E-state index in [9.17, 15) is 0 Å². The first kappa shape index (κ1) is 31.3. The molecule has 0 atom stereocenters. The van der Waals surface area contributed by atoms with Crippen LogP contribution >= 0.6 is 0 Å². The van der Waals surface area contributed by atoms with E-state index in [0.717, 1.165) is 72.3 Å². The SMILES string of the molecule is CC(C)c1cccc(C(C)C)c1-n1c(-c2[c-]ccc3c2oc2ccccc23)nc2c3ccccc3nnc21.[2H]C([2H])([2H])c1ccc(-c2[c-]cccc2)nc1.[Ir]. The van der Waals surface area contributed by atoms with E-state index in [2.05, 4.69) is 90.9 Å². The van der Waals surface area contributed by atoms with Crippen molar-refractivity contribution in [2.45, 2.75) is 46.4 Å². The summed E-state index contributed by atoms with van der Waals surface area (Å²) in [5.41, 5.74) is 10.2. The molecule has 7 heteroatoms. The van der Waals surface area contributed by atoms with Crippen molar-refractivity contribution in [1.29, 1.82) is 0 Å². The number of nitrogens with zero attached hydrogens (tertiary/aromatic N) is 5. The number of hydrogen-bond donors (Lipinski definition) is 0. The molecule has 0 fully saturated rings. The van der Waals surface area contributed by atoms with Crippen LogP contribution in [-0.4, -0.2) is 24.7 Å². The summed E-state index contributed by atoms with van der Waals surface area (Å²) in [4.78, 5) is 9.40. The number of furan rings is 1. The maximum Gasteiger partial charge on any atom is 0.178 e. The Morgan fingerprint density at radius 3 is 2.17 bits per heavy atom. The third-order valence-electron chi connectivity index (χ3n) is 9.14. The molecule has 1 radical (unpaired) electrons. The Morgan fingerprint density at radius 1 is 0.712 bits per heavy atom. The standard InChI is InChI=1S/C33H27N4O.C12H10N.Ir/c1-19(2)21-13-9-14-22(20(3)4)30(21)37-32(34-29-25-12-5-7-17-27(25)35-36-33(29)37)26-16-10-15-24-23-11-6-8-18-28(23)38-31(24)26;1-10-7-8-12(13-9-10)11-5-3-2-4-6-11;/h5-15,17-20H,1-4H3;2-5,7-9H,1H3;/q2*-1;/i;1D3;. The fourth-order valence-electron chi connectivity index (χ4n) is 6.66. The van der Waals surface area contributed by atoms with Gasteiger partial charge in [-0.3, -0.25) is 4.98 Å². The van der Waals surface area contributed by atoms with Crippen LogP contribution in [0.2, 0.25) is 0 Å². The molecular formula is C45H37IrN5O-2. The Labute approximate surface area is 321 Å². The molecule has 0 aliphatic rings. The topological polar surface area (TPSA) is 69.6 Å². The fourth-order valence-corrected chi connectivity index (χ4v) is 6.66. The average molecular weight is 859 g/mol. The van der Waals surface area contributed by atoms with Gasteiger partial charge in [0, 0.05) is 46.9 Å². The van der Waals surface area contributed by atoms with Gasteiger partial charge in [-0.25, -0.2) is 0 Å². The van der Waals surface area contributed by atoms with Crippen LogP contribution in [0.4, 0.5) is 0 Å². The number of fused-ring (bicyclic) bond motifs is 6. The molecule has 4 aromatic heterocycles. The quantitative estimate of drug-likeness (QED) is 0.161. The van der Waals surface area contributed by atoms with Crippen LogP contribution in [0.3, 0.4) is 0 Å². The summed E-state index contributed by atoms with van der Waals surface area (Å²) < 4.78 is 30.3. The molecule has 9 rings (SSSR count). The second kappa shape index (κ2) is 14.6. The minimum atomic E-state index is -2.09. The summed E-state index contributed by atoms with van der Waals surface area (Å²) in [6, 6.07) is 44.0. The Hall–Kier alpha value is -5.49. The van der Waals surface area contributed by atoms with E-state index in [-0.39, 0.29) is 25.7 Å². The third kappa shape index (κ3) is 6.32. The smallest absolute Gasteiger partial charge is 0.178 e. The molecule has 0 spiro atoms. The number of aryl methyl sites for hydroxylation is 1. The normalized spacial score (nSPS) is 12.5. The molecule has 0 saturated carbocycles. The molecule has 52 heavy (non-hydrogen) atoms. The van der Waals surface area contributed by atoms with Crippen LogP contribution in [0.15, 0.2) is 126 Å². The number of hydrogen-bond acceptors (Lipinski definition) is 5. The van der Waals surface area contributed by atoms with E-state index in [1.807, 2.05) is 60.7 Å². The van der Waals surface area contributed by atoms with Crippen molar-refractivity contribution in [2.24, 2.45) is 0 Å². The van der Waals surface area contributed by atoms with Gasteiger partial charge in [-0.15, -0.1) is 64.3 Å². The van der Waals surface area contributed by atoms with Crippen molar-refractivity contribution in [1.82, 2.24) is 24.7 Å². The van der Waals surface area contributed by atoms with Crippen LogP contribution in [0.5, 0.6) is 0 Å². The number of para-hydroxylation sites is 2. The molecule has 9 aromatic rings. The van der Waals surface area contributed by atoms with E-state index in [1.54, 1.807) is 18.2 Å². The molecule has 0 N–H and O–H groups in total. The van der Waals surface area contributed by atoms with Crippen molar-refractivity contribution in [3.8, 4) is 28.3 Å². The zero-order chi connectivity index (χ0) is 37.6. The second-order valence-electron chi connectivity index (χ2n) is 13.2. The van der Waals surface area contributed by atoms with Gasteiger partial charge in [0.25, 0.3) is 0 Å². The minimum absolute atomic E-state index is 0. The van der Waals surface area contributed by atoms with Gasteiger partial charge in [-0.05, 0) is 53.2 Å². The van der Waals surface area contributed by atoms with Gasteiger partial charge >= 0.3 is 0 Å². The van der Waals surface area contributed by atoms with Crippen LogP contribution in [0.25, 0.3) is 72.3 Å². The van der Waals surface area contributed by atoms with Crippen LogP contribution in [0, 0.1) is 19.0 Å². The Morgan fingerprint density at radius 2 is 1.46 bits per heavy atom. The van der Waals surface area contributed by atoms with Crippen LogP contribution in [-0.2, 0) is 20.1 Å². The molecular weight excluding hydrogens is 819 g/mol. The van der Waals surface area contributed by atoms with Gasteiger partial charge in [-0.1, -0.05) is 105 Å². The predicted octanol–water partition coefficient (Wildman–Crippen LogP) is 11.4. The summed E-state index contributed by atoms with van der Waals surface area (Å²) in [6.45, 7) is 6.83. The average Bonchev–Trinajstić information content (AvgIpc) is 3.77. The molecule has 4 heterocycles. The Bertz CT molecular complexity index is 2750. The zero-order valence-corrected chi connectivity index (χ0v) is 31.6. The molecule has 0 unspecified atom stereocenters. The summed E-state index contributed by atoms with van der Waals surface area (Å²) in [7, 11) is 0. The van der Waals surface area contributed by atoms with Crippen molar-refractivity contribution in [3.05, 3.63) is 150 Å². The van der Waals surface area contributed by atoms with Gasteiger partial charge in [0.1, 0.15) is 11.1 Å². The monoisotopic (exact) mass is 859 g/mol. The Balaban J connectivity index is 0.000000231. The van der Waals surface area contributed by atoms with Gasteiger partial charge in [0.2, 0.25) is 0 Å². The number of aromatic nitrogens is 5. The van der Waals surface area contributed by atoms with E-state index in [4.69, 9.17) is 18.6 Å². The van der Waals surface area contributed by atoms with Crippen LogP contribution in [0.1, 0.15) is 60.3 Å². The summed E-state index contributed by atoms with van der Waals surface area (Å²) in [5, 5.41) is 12.5. The van der Waals surface area contributed by atoms with E-state index in [0.29, 0.717) is 11.8 Å². The van der Waals surface area contributed by atoms with Gasteiger partial charge in [0.15, 0.2) is 5.65 Å². The number of pyridine rings is 1. The van der Waals surface area contributed by atoms with Gasteiger partial charge in [0.05, 0.1) is 16.9 Å². The molecule has 5 aromatic carbocycles. The van der Waals surface area contributed by atoms with Crippen molar-refractivity contribution < 1.29 is 28.6 Å². The first-order valence-electron chi connectivity index (χ1n) is 18.6. The fraction of sp³-hybridized carbons (Fsp3) is 0.156. The summed E-state index contributed by atoms with van der Waals surface area (Å²) >= 11 is 0. The van der Waals surface area contributed by atoms with Crippen molar-refractivity contribution >= 4 is 44.0 Å². The Kier molecular flexibility index (Phi) is 8.79. The largest absolute Gasteiger partial charge is 0.501 e. The third-order valence-corrected chi connectivity index (χ3v) is 9.14. The zero-order valence-electron chi connectivity index (χ0n) is 32.2. The van der Waals surface area contributed by atoms with Crippen molar-refractivity contribution in [2.75, 3.05) is 0 Å². The molecule has 0 aliphatic carbocycles. The van der Waals surface area contributed by atoms with E-state index >= 15 is 0 Å². The van der Waals surface area contributed by atoms with Gasteiger partial charge < -0.3 is 14.0 Å². The van der Waals surface area contributed by atoms with Crippen LogP contribution < -0.4 is 0 Å². The first-order valence-corrected chi connectivity index (χ1v) is 17.1. The van der Waals surface area contributed by atoms with Crippen molar-refractivity contribution in [3.63, 3.8) is 0 Å². The second-order valence-corrected chi connectivity index (χ2v) is 13.2. The molecule has 0 aliphatic heterocycles. The summed E-state index contributed by atoms with van der Waals surface area (Å²) in [6.07, 6.45) is 1.39. The predicted molar refractivity (Wildman–Crippen MR) is 207 cm³/mol. The first-order chi connectivity index (χ1) is 26.1. The molecule has 0 amide bonds. The van der Waals surface area contributed by atoms with E-state index in [1.165, 1.54) is 17.3 Å². The molecule has 6 nitrogen and oxygen atoms in total. The molecule has 0 saturated heterocycles. The molecule has 0 bridgehead atoms. The minimum Gasteiger partial charge on any atom is -0.501 e. The van der Waals surface area contributed by atoms with E-state index < -0.39 is 6.85 Å². The van der Waals surface area contributed by atoms with Gasteiger partial charge in [-0.2, -0.15) is 0 Å². The summed E-state index contributed by atoms with van der Waals surface area (Å²) in [5.74, 6) is 1.35. The maximum absolute atomic E-state index is 7.23. The number of rotatable bonds is 5.